The van der Waals surface area contributed by atoms with E-state index in [1.807, 2.05) is 0 Å². The number of carbonyl (C=O) groups excluding carboxylic acids is 2. The van der Waals surface area contributed by atoms with Crippen LogP contribution in [0.3, 0.4) is 0 Å². The summed E-state index contributed by atoms with van der Waals surface area (Å²) in [5.41, 5.74) is 0. The van der Waals surface area contributed by atoms with Crippen molar-refractivity contribution in [3.05, 3.63) is 85.1 Å². The highest BCUT2D eigenvalue weighted by Crippen LogP contribution is 2.13. The van der Waals surface area contributed by atoms with Gasteiger partial charge in [0, 0.05) is 19.4 Å². The van der Waals surface area contributed by atoms with E-state index in [2.05, 4.69) is 106 Å². The van der Waals surface area contributed by atoms with E-state index >= 15 is 0 Å². The molecule has 0 spiro atoms. The summed E-state index contributed by atoms with van der Waals surface area (Å²) in [7, 11) is 0. The monoisotopic (exact) mass is 863 g/mol. The lowest BCUT2D eigenvalue weighted by Gasteiger charge is -2.18. The van der Waals surface area contributed by atoms with Gasteiger partial charge < -0.3 is 14.2 Å². The molecule has 0 radical (unpaired) electrons. The predicted molar refractivity (Wildman–Crippen MR) is 270 cm³/mol. The lowest BCUT2D eigenvalue weighted by molar-refractivity contribution is -0.163. The van der Waals surface area contributed by atoms with Crippen LogP contribution in [0.25, 0.3) is 0 Å². The molecule has 0 saturated carbocycles. The number of ether oxygens (including phenoxy) is 3. The van der Waals surface area contributed by atoms with Crippen molar-refractivity contribution in [2.45, 2.75) is 245 Å². The van der Waals surface area contributed by atoms with Gasteiger partial charge in [0.15, 0.2) is 6.10 Å². The SMILES string of the molecule is CC/C=C\C/C=C\C/C=C\CCCCCCCCCC(=O)OCC(COCCCCCCCC/C=C\C/C=C\CCC)OC(=O)CCCCCCC/C=C\C/C=C\CCCCC. The first-order valence-electron chi connectivity index (χ1n) is 26.1. The topological polar surface area (TPSA) is 61.8 Å². The van der Waals surface area contributed by atoms with Crippen LogP contribution in [0.1, 0.15) is 239 Å². The van der Waals surface area contributed by atoms with Gasteiger partial charge in [0.05, 0.1) is 6.61 Å². The number of hydrogen-bond acceptors (Lipinski definition) is 5. The Balaban J connectivity index is 4.33. The molecule has 1 unspecified atom stereocenters. The van der Waals surface area contributed by atoms with Gasteiger partial charge >= 0.3 is 11.9 Å². The van der Waals surface area contributed by atoms with E-state index in [0.717, 1.165) is 96.3 Å². The lowest BCUT2D eigenvalue weighted by Crippen LogP contribution is -2.30. The molecule has 5 heteroatoms. The fourth-order valence-corrected chi connectivity index (χ4v) is 7.00. The molecule has 0 saturated heterocycles. The zero-order chi connectivity index (χ0) is 44.9. The maximum absolute atomic E-state index is 12.8. The number of hydrogen-bond donors (Lipinski definition) is 0. The zero-order valence-corrected chi connectivity index (χ0v) is 40.9. The highest BCUT2D eigenvalue weighted by atomic mass is 16.6. The van der Waals surface area contributed by atoms with Crippen LogP contribution < -0.4 is 0 Å². The van der Waals surface area contributed by atoms with Gasteiger partial charge in [-0.05, 0) is 109 Å². The van der Waals surface area contributed by atoms with Crippen LogP contribution >= 0.6 is 0 Å². The zero-order valence-electron chi connectivity index (χ0n) is 40.9. The number of carbonyl (C=O) groups is 2. The second kappa shape index (κ2) is 52.4. The van der Waals surface area contributed by atoms with E-state index in [-0.39, 0.29) is 25.2 Å². The second-order valence-corrected chi connectivity index (χ2v) is 17.0. The van der Waals surface area contributed by atoms with Gasteiger partial charge in [-0.15, -0.1) is 0 Å². The highest BCUT2D eigenvalue weighted by Gasteiger charge is 2.17. The minimum absolute atomic E-state index is 0.0667. The Morgan fingerprint density at radius 3 is 1.23 bits per heavy atom. The van der Waals surface area contributed by atoms with E-state index in [4.69, 9.17) is 14.2 Å². The third-order valence-corrected chi connectivity index (χ3v) is 10.9. The molecule has 1 atom stereocenters. The van der Waals surface area contributed by atoms with E-state index in [1.54, 1.807) is 0 Å². The largest absolute Gasteiger partial charge is 0.462 e. The van der Waals surface area contributed by atoms with Crippen LogP contribution in [0.4, 0.5) is 0 Å². The molecule has 5 nitrogen and oxygen atoms in total. The van der Waals surface area contributed by atoms with Gasteiger partial charge in [0.25, 0.3) is 0 Å². The van der Waals surface area contributed by atoms with Gasteiger partial charge in [-0.25, -0.2) is 0 Å². The molecule has 0 aromatic heterocycles. The Labute approximate surface area is 384 Å². The molecule has 62 heavy (non-hydrogen) atoms. The Morgan fingerprint density at radius 2 is 0.758 bits per heavy atom. The second-order valence-electron chi connectivity index (χ2n) is 17.0. The normalized spacial score (nSPS) is 12.9. The predicted octanol–water partition coefficient (Wildman–Crippen LogP) is 17.7. The van der Waals surface area contributed by atoms with Gasteiger partial charge in [-0.1, -0.05) is 202 Å². The molecule has 0 rings (SSSR count). The van der Waals surface area contributed by atoms with Crippen molar-refractivity contribution in [1.82, 2.24) is 0 Å². The fourth-order valence-electron chi connectivity index (χ4n) is 7.00. The molecule has 356 valence electrons. The summed E-state index contributed by atoms with van der Waals surface area (Å²) in [6, 6.07) is 0. The smallest absolute Gasteiger partial charge is 0.306 e. The fraction of sp³-hybridized carbons (Fsp3) is 0.719. The first-order chi connectivity index (χ1) is 30.6. The molecule has 0 aliphatic rings. The van der Waals surface area contributed by atoms with Gasteiger partial charge in [-0.3, -0.25) is 9.59 Å². The summed E-state index contributed by atoms with van der Waals surface area (Å²) in [5.74, 6) is -0.430. The minimum atomic E-state index is -0.557. The number of unbranched alkanes of at least 4 members (excludes halogenated alkanes) is 22. The van der Waals surface area contributed by atoms with Crippen LogP contribution in [-0.4, -0.2) is 37.9 Å². The van der Waals surface area contributed by atoms with Crippen molar-refractivity contribution in [3.8, 4) is 0 Å². The molecule has 0 N–H and O–H groups in total. The number of esters is 2. The van der Waals surface area contributed by atoms with E-state index in [1.165, 1.54) is 109 Å². The highest BCUT2D eigenvalue weighted by molar-refractivity contribution is 5.70. The molecule has 0 fully saturated rings. The summed E-state index contributed by atoms with van der Waals surface area (Å²) in [6.45, 7) is 7.59. The molecular weight excluding hydrogens is 765 g/mol. The Bertz CT molecular complexity index is 1160. The van der Waals surface area contributed by atoms with Crippen LogP contribution in [0, 0.1) is 0 Å². The molecule has 0 aromatic rings. The van der Waals surface area contributed by atoms with Crippen molar-refractivity contribution in [2.75, 3.05) is 19.8 Å². The maximum Gasteiger partial charge on any atom is 0.306 e. The lowest BCUT2D eigenvalue weighted by atomic mass is 10.1. The average Bonchev–Trinajstić information content (AvgIpc) is 3.27. The molecule has 0 aromatic carbocycles. The Morgan fingerprint density at radius 1 is 0.371 bits per heavy atom. The van der Waals surface area contributed by atoms with Crippen LogP contribution in [0.15, 0.2) is 85.1 Å². The third-order valence-electron chi connectivity index (χ3n) is 10.9. The summed E-state index contributed by atoms with van der Waals surface area (Å²) in [6.07, 6.45) is 68.7. The Hall–Kier alpha value is -2.92. The summed E-state index contributed by atoms with van der Waals surface area (Å²) < 4.78 is 17.4. The maximum atomic E-state index is 12.8. The van der Waals surface area contributed by atoms with Gasteiger partial charge in [-0.2, -0.15) is 0 Å². The van der Waals surface area contributed by atoms with Crippen molar-refractivity contribution in [3.63, 3.8) is 0 Å². The summed E-state index contributed by atoms with van der Waals surface area (Å²) in [4.78, 5) is 25.4. The summed E-state index contributed by atoms with van der Waals surface area (Å²) in [5, 5.41) is 0. The van der Waals surface area contributed by atoms with Crippen molar-refractivity contribution in [2.24, 2.45) is 0 Å². The molecule has 0 bridgehead atoms. The third kappa shape index (κ3) is 49.7. The molecule has 0 aliphatic carbocycles. The minimum Gasteiger partial charge on any atom is -0.462 e. The van der Waals surface area contributed by atoms with E-state index in [0.29, 0.717) is 19.4 Å². The van der Waals surface area contributed by atoms with Crippen molar-refractivity contribution >= 4 is 11.9 Å². The first-order valence-corrected chi connectivity index (χ1v) is 26.1. The molecule has 0 aliphatic heterocycles. The van der Waals surface area contributed by atoms with Crippen molar-refractivity contribution in [1.29, 1.82) is 0 Å². The molecule has 0 heterocycles. The van der Waals surface area contributed by atoms with Gasteiger partial charge in [0.2, 0.25) is 0 Å². The van der Waals surface area contributed by atoms with Gasteiger partial charge in [0.1, 0.15) is 6.61 Å². The summed E-state index contributed by atoms with van der Waals surface area (Å²) >= 11 is 0. The molecular formula is C57H98O5. The Kier molecular flexibility index (Phi) is 50.0. The molecule has 0 amide bonds. The van der Waals surface area contributed by atoms with Crippen LogP contribution in [0.2, 0.25) is 0 Å². The van der Waals surface area contributed by atoms with Crippen LogP contribution in [0.5, 0.6) is 0 Å². The van der Waals surface area contributed by atoms with Crippen LogP contribution in [-0.2, 0) is 23.8 Å². The average molecular weight is 863 g/mol. The van der Waals surface area contributed by atoms with Crippen molar-refractivity contribution < 1.29 is 23.8 Å². The first kappa shape index (κ1) is 59.1. The number of rotatable bonds is 47. The van der Waals surface area contributed by atoms with E-state index < -0.39 is 6.10 Å². The quantitative estimate of drug-likeness (QED) is 0.0346. The van der Waals surface area contributed by atoms with E-state index in [9.17, 15) is 9.59 Å². The number of allylic oxidation sites excluding steroid dienone is 14. The standard InChI is InChI=1S/C57H98O5/c1-4-7-10-13-16-19-22-25-28-29-31-32-35-38-41-44-47-50-56(58)61-54-55(53-60-52-49-46-43-40-37-34-27-24-21-18-15-12-9-6-3)62-57(59)51-48-45-42-39-36-33-30-26-23-20-17-14-11-8-5-2/h7,10,12,15-17,19-21,24-26,28,30,55H,4-6,8-9,11,13-14,18,22-23,27,29,31-54H2,1-3H3/b10-7-,15-12-,19-16-,20-17-,24-21-,28-25-,30-26-.